The van der Waals surface area contributed by atoms with Gasteiger partial charge in [0.05, 0.1) is 24.5 Å². The Bertz CT molecular complexity index is 896. The molecule has 2 rings (SSSR count). The lowest BCUT2D eigenvalue weighted by Gasteiger charge is -2.14. The molecule has 1 amide bonds. The van der Waals surface area contributed by atoms with Crippen LogP contribution in [0.1, 0.15) is 62.0 Å². The maximum atomic E-state index is 12.2. The van der Waals surface area contributed by atoms with Gasteiger partial charge < -0.3 is 15.8 Å². The molecule has 1 aromatic carbocycles. The predicted molar refractivity (Wildman–Crippen MR) is 116 cm³/mol. The fourth-order valence-electron chi connectivity index (χ4n) is 2.85. The number of hydrogen-bond donors (Lipinski definition) is 2. The minimum Gasteiger partial charge on any atom is -0.493 e. The number of anilines is 1. The second-order valence-electron chi connectivity index (χ2n) is 7.13. The number of carbonyl (C=O) groups excluding carboxylic acids is 1. The molecule has 0 bridgehead atoms. The maximum Gasteiger partial charge on any atom is 0.287 e. The molecule has 0 aliphatic carbocycles. The van der Waals surface area contributed by atoms with Crippen LogP contribution in [-0.4, -0.2) is 28.8 Å². The van der Waals surface area contributed by atoms with Crippen molar-refractivity contribution in [3.8, 4) is 5.75 Å². The van der Waals surface area contributed by atoms with Gasteiger partial charge in [-0.15, -0.1) is 0 Å². The van der Waals surface area contributed by atoms with E-state index in [1.54, 1.807) is 24.4 Å². The molecule has 158 valence electrons. The molecule has 29 heavy (non-hydrogen) atoms. The first kappa shape index (κ1) is 22.7. The molecule has 0 atom stereocenters. The number of nitrogens with zero attached hydrogens (tertiary/aromatic N) is 2. The summed E-state index contributed by atoms with van der Waals surface area (Å²) in [5.41, 5.74) is 7.06. The van der Waals surface area contributed by atoms with Crippen molar-refractivity contribution in [1.82, 2.24) is 9.78 Å². The number of halogens is 1. The van der Waals surface area contributed by atoms with Crippen LogP contribution in [0.25, 0.3) is 0 Å². The predicted octanol–water partition coefficient (Wildman–Crippen LogP) is 3.80. The third-order valence-electron chi connectivity index (χ3n) is 4.47. The van der Waals surface area contributed by atoms with Crippen LogP contribution in [0.4, 0.5) is 5.69 Å². The van der Waals surface area contributed by atoms with Gasteiger partial charge in [-0.05, 0) is 56.9 Å². The molecule has 0 aliphatic rings. The maximum absolute atomic E-state index is 12.2. The van der Waals surface area contributed by atoms with Gasteiger partial charge in [0.25, 0.3) is 5.56 Å². The van der Waals surface area contributed by atoms with Crippen LogP contribution in [-0.2, 0) is 6.42 Å². The number of unbranched alkanes of at least 4 members (excludes halogenated alkanes) is 1. The van der Waals surface area contributed by atoms with Crippen LogP contribution >= 0.6 is 11.6 Å². The Morgan fingerprint density at radius 2 is 2.10 bits per heavy atom. The average molecular weight is 421 g/mol. The highest BCUT2D eigenvalue weighted by atomic mass is 35.5. The molecule has 0 unspecified atom stereocenters. The molecular weight excluding hydrogens is 392 g/mol. The highest BCUT2D eigenvalue weighted by Gasteiger charge is 2.11. The zero-order valence-corrected chi connectivity index (χ0v) is 18.0. The van der Waals surface area contributed by atoms with Crippen LogP contribution in [0.5, 0.6) is 5.75 Å². The highest BCUT2D eigenvalue weighted by Crippen LogP contribution is 2.23. The number of primary amides is 1. The van der Waals surface area contributed by atoms with Crippen molar-refractivity contribution in [2.45, 2.75) is 52.5 Å². The van der Waals surface area contributed by atoms with E-state index in [0.717, 1.165) is 30.6 Å². The molecule has 0 fully saturated rings. The number of nitrogens with two attached hydrogens (primary N) is 1. The van der Waals surface area contributed by atoms with Crippen LogP contribution in [0.3, 0.4) is 0 Å². The molecule has 0 saturated carbocycles. The Morgan fingerprint density at radius 3 is 2.76 bits per heavy atom. The number of hydrogen-bond acceptors (Lipinski definition) is 5. The monoisotopic (exact) mass is 420 g/mol. The largest absolute Gasteiger partial charge is 0.493 e. The average Bonchev–Trinajstić information content (AvgIpc) is 2.69. The molecule has 0 aliphatic heterocycles. The Kier molecular flexibility index (Phi) is 8.51. The van der Waals surface area contributed by atoms with E-state index in [0.29, 0.717) is 30.8 Å². The summed E-state index contributed by atoms with van der Waals surface area (Å²) >= 11 is 6.16. The summed E-state index contributed by atoms with van der Waals surface area (Å²) in [6.07, 6.45) is 5.16. The van der Waals surface area contributed by atoms with Gasteiger partial charge >= 0.3 is 0 Å². The van der Waals surface area contributed by atoms with Crippen molar-refractivity contribution in [2.75, 3.05) is 18.5 Å². The van der Waals surface area contributed by atoms with E-state index in [1.807, 2.05) is 13.8 Å². The number of ether oxygens (including phenoxy) is 1. The summed E-state index contributed by atoms with van der Waals surface area (Å²) in [7, 11) is 0. The van der Waals surface area contributed by atoms with Crippen molar-refractivity contribution >= 4 is 23.2 Å². The van der Waals surface area contributed by atoms with Crippen LogP contribution in [0.2, 0.25) is 5.02 Å². The quantitative estimate of drug-likeness (QED) is 0.538. The van der Waals surface area contributed by atoms with Gasteiger partial charge in [-0.25, -0.2) is 4.68 Å². The zero-order valence-electron chi connectivity index (χ0n) is 17.2. The fraction of sp³-hybridized carbons (Fsp3) is 0.476. The number of nitrogens with one attached hydrogen (secondary N) is 1. The van der Waals surface area contributed by atoms with Crippen LogP contribution in [0, 0.1) is 0 Å². The van der Waals surface area contributed by atoms with E-state index in [2.05, 4.69) is 17.3 Å². The number of carbonyl (C=O) groups is 1. The Morgan fingerprint density at radius 1 is 1.34 bits per heavy atom. The van der Waals surface area contributed by atoms with E-state index >= 15 is 0 Å². The first-order valence-corrected chi connectivity index (χ1v) is 10.3. The molecule has 0 saturated heterocycles. The molecule has 3 N–H and O–H groups in total. The number of benzene rings is 1. The third kappa shape index (κ3) is 6.22. The fourth-order valence-corrected chi connectivity index (χ4v) is 3.05. The third-order valence-corrected chi connectivity index (χ3v) is 4.84. The van der Waals surface area contributed by atoms with Crippen LogP contribution < -0.4 is 21.3 Å². The van der Waals surface area contributed by atoms with E-state index in [1.165, 1.54) is 4.68 Å². The summed E-state index contributed by atoms with van der Waals surface area (Å²) in [5, 5.41) is 7.40. The minimum atomic E-state index is -0.441. The Balaban J connectivity index is 1.91. The zero-order chi connectivity index (χ0) is 21.4. The highest BCUT2D eigenvalue weighted by molar-refractivity contribution is 6.32. The summed E-state index contributed by atoms with van der Waals surface area (Å²) in [5.74, 6) is 0.325. The van der Waals surface area contributed by atoms with E-state index in [9.17, 15) is 9.59 Å². The van der Waals surface area contributed by atoms with E-state index in [-0.39, 0.29) is 16.6 Å². The summed E-state index contributed by atoms with van der Waals surface area (Å²) < 4.78 is 7.26. The lowest BCUT2D eigenvalue weighted by Crippen LogP contribution is -2.26. The lowest BCUT2D eigenvalue weighted by atomic mass is 10.0. The second-order valence-corrected chi connectivity index (χ2v) is 7.51. The lowest BCUT2D eigenvalue weighted by molar-refractivity contribution is 0.1000. The Labute approximate surface area is 176 Å². The summed E-state index contributed by atoms with van der Waals surface area (Å²) in [6, 6.07) is 5.23. The van der Waals surface area contributed by atoms with E-state index < -0.39 is 5.91 Å². The molecule has 0 spiro atoms. The number of aryl methyl sites for hydroxylation is 1. The molecule has 8 heteroatoms. The molecule has 7 nitrogen and oxygen atoms in total. The molecule has 1 aromatic heterocycles. The van der Waals surface area contributed by atoms with Crippen LogP contribution in [0.15, 0.2) is 29.2 Å². The Hall–Kier alpha value is -2.54. The molecule has 2 aromatic rings. The molecule has 0 radical (unpaired) electrons. The topological polar surface area (TPSA) is 99.2 Å². The van der Waals surface area contributed by atoms with Crippen molar-refractivity contribution in [3.63, 3.8) is 0 Å². The first-order chi connectivity index (χ1) is 13.8. The van der Waals surface area contributed by atoms with Gasteiger partial charge in [-0.1, -0.05) is 24.9 Å². The number of rotatable bonds is 11. The second kappa shape index (κ2) is 10.9. The summed E-state index contributed by atoms with van der Waals surface area (Å²) in [6.45, 7) is 6.93. The minimum absolute atomic E-state index is 0.0506. The SMILES string of the molecule is CCCCc1cc(C(N)=O)ccc1OCCCNc1cnn(C(C)C)c(=O)c1Cl. The van der Waals surface area contributed by atoms with Gasteiger partial charge in [0.2, 0.25) is 5.91 Å². The van der Waals surface area contributed by atoms with E-state index in [4.69, 9.17) is 22.1 Å². The normalized spacial score (nSPS) is 10.9. The van der Waals surface area contributed by atoms with Gasteiger partial charge in [0.15, 0.2) is 0 Å². The standard InChI is InChI=1S/C21H29ClN4O3/c1-4-5-7-15-12-16(20(23)27)8-9-18(15)29-11-6-10-24-17-13-25-26(14(2)3)21(28)19(17)22/h8-9,12-14,24H,4-7,10-11H2,1-3H3,(H2,23,27). The summed E-state index contributed by atoms with van der Waals surface area (Å²) in [4.78, 5) is 23.6. The van der Waals surface area contributed by atoms with Gasteiger partial charge in [-0.2, -0.15) is 5.10 Å². The number of amides is 1. The van der Waals surface area contributed by atoms with Crippen molar-refractivity contribution in [3.05, 3.63) is 50.9 Å². The van der Waals surface area contributed by atoms with Crippen molar-refractivity contribution < 1.29 is 9.53 Å². The molecule has 1 heterocycles. The van der Waals surface area contributed by atoms with Crippen molar-refractivity contribution in [2.24, 2.45) is 5.73 Å². The smallest absolute Gasteiger partial charge is 0.287 e. The van der Waals surface area contributed by atoms with Gasteiger partial charge in [0.1, 0.15) is 10.8 Å². The van der Waals surface area contributed by atoms with Gasteiger partial charge in [-0.3, -0.25) is 9.59 Å². The first-order valence-electron chi connectivity index (χ1n) is 9.91. The van der Waals surface area contributed by atoms with Crippen molar-refractivity contribution in [1.29, 1.82) is 0 Å². The molecular formula is C21H29ClN4O3. The number of aromatic nitrogens is 2. The van der Waals surface area contributed by atoms with Gasteiger partial charge in [0, 0.05) is 12.1 Å².